The number of hydrogen-bond donors (Lipinski definition) is 0. The summed E-state index contributed by atoms with van der Waals surface area (Å²) in [5.41, 5.74) is 27.6. The third-order valence-electron chi connectivity index (χ3n) is 23.6. The van der Waals surface area contributed by atoms with Crippen LogP contribution in [0.1, 0.15) is 0 Å². The van der Waals surface area contributed by atoms with Crippen LogP contribution in [0.2, 0.25) is 0 Å². The summed E-state index contributed by atoms with van der Waals surface area (Å²) in [5.74, 6) is 0. The van der Waals surface area contributed by atoms with Crippen molar-refractivity contribution in [2.45, 2.75) is 0 Å². The van der Waals surface area contributed by atoms with Gasteiger partial charge in [-0.2, -0.15) is 0 Å². The van der Waals surface area contributed by atoms with Crippen molar-refractivity contribution in [2.24, 2.45) is 0 Å². The van der Waals surface area contributed by atoms with Gasteiger partial charge in [0.2, 0.25) is 0 Å². The maximum atomic E-state index is 5.37. The molecule has 0 aliphatic carbocycles. The Morgan fingerprint density at radius 3 is 0.750 bits per heavy atom. The van der Waals surface area contributed by atoms with E-state index in [9.17, 15) is 0 Å². The average molecular weight is 1510 g/mol. The summed E-state index contributed by atoms with van der Waals surface area (Å²) in [5, 5.41) is 17.5. The van der Waals surface area contributed by atoms with Gasteiger partial charge in [0.1, 0.15) is 0 Å². The minimum absolute atomic E-state index is 1.00. The first-order valence-electron chi connectivity index (χ1n) is 39.6. The van der Waals surface area contributed by atoms with Crippen LogP contribution in [0.5, 0.6) is 0 Å². The van der Waals surface area contributed by atoms with Crippen molar-refractivity contribution < 1.29 is 0 Å². The van der Waals surface area contributed by atoms with Gasteiger partial charge < -0.3 is 9.13 Å². The zero-order chi connectivity index (χ0) is 76.3. The molecule has 18 aromatic carbocycles. The Morgan fingerprint density at radius 2 is 0.414 bits per heavy atom. The van der Waals surface area contributed by atoms with Gasteiger partial charge in [-0.25, -0.2) is 9.97 Å². The summed E-state index contributed by atoms with van der Waals surface area (Å²) < 4.78 is 10.1. The highest BCUT2D eigenvalue weighted by molar-refractivity contribution is 7.27. The standard InChI is InChI=1S/C61H38N2S.C49H30N2S/c1-3-11-39(12-4-1)41-19-23-43(24-20-41)46-29-33-49-50-34-30-47(44-25-21-42(22-26-44)40-13-5-2-6-14-40)38-57(50)63(56(49)37-46)48-31-27-45(28-32-48)60-54-36-35-52-51-15-8-10-18-58(51)64-61(52)59(54)53-16-7-9-17-55(53)62-60;1-3-11-31(12-4-1)34-21-25-37-38-26-22-35(32-13-5-2-6-14-32)30-45(38)51(44(37)29-34)36-23-19-33(20-24-36)48-42-28-27-40-39-15-8-10-18-46(39)52-49(40)47(42)41-16-7-9-17-43(41)50-48/h1-38H;1-30H. The largest absolute Gasteiger partial charge is 0.309 e. The van der Waals surface area contributed by atoms with Crippen molar-refractivity contribution >= 4 is 150 Å². The van der Waals surface area contributed by atoms with Gasteiger partial charge in [-0.3, -0.25) is 0 Å². The Bertz CT molecular complexity index is 7770. The van der Waals surface area contributed by atoms with Gasteiger partial charge in [-0.15, -0.1) is 22.7 Å². The highest BCUT2D eigenvalue weighted by Gasteiger charge is 2.23. The van der Waals surface area contributed by atoms with Crippen molar-refractivity contribution in [3.63, 3.8) is 0 Å². The second kappa shape index (κ2) is 27.6. The maximum Gasteiger partial charge on any atom is 0.0788 e. The number of hydrogen-bond acceptors (Lipinski definition) is 4. The molecule has 0 spiro atoms. The Balaban J connectivity index is 0.000000140. The predicted molar refractivity (Wildman–Crippen MR) is 496 cm³/mol. The topological polar surface area (TPSA) is 35.6 Å². The van der Waals surface area contributed by atoms with Crippen LogP contribution in [0.3, 0.4) is 0 Å². The SMILES string of the molecule is c1ccc(-c2ccc(-c3ccc4c5ccc(-c6ccc(-c7ccccc7)cc6)cc5n(-c5ccc(-c6nc7ccccc7c7c6ccc6c8ccccc8sc67)cc5)c4c3)cc2)cc1.c1ccc(-c2ccc3c4ccc(-c5ccccc5)cc4n(-c4ccc(-c5nc6ccccc6c6c5ccc5c7ccccc7sc56)cc4)c3c2)cc1. The van der Waals surface area contributed by atoms with E-state index in [0.717, 1.165) is 44.9 Å². The molecule has 0 aliphatic heterocycles. The van der Waals surface area contributed by atoms with Crippen molar-refractivity contribution in [1.82, 2.24) is 19.1 Å². The van der Waals surface area contributed by atoms with Crippen LogP contribution < -0.4 is 0 Å². The summed E-state index contributed by atoms with van der Waals surface area (Å²) in [4.78, 5) is 10.7. The Hall–Kier alpha value is -14.7. The number of benzene rings is 18. The fraction of sp³-hybridized carbons (Fsp3) is 0. The van der Waals surface area contributed by atoms with E-state index in [1.165, 1.54) is 183 Å². The number of thiophene rings is 2. The Morgan fingerprint density at radius 1 is 0.172 bits per heavy atom. The Kier molecular flexibility index (Phi) is 16.0. The van der Waals surface area contributed by atoms with E-state index in [-0.39, 0.29) is 0 Å². The van der Waals surface area contributed by atoms with E-state index in [0.29, 0.717) is 0 Å². The van der Waals surface area contributed by atoms with Crippen molar-refractivity contribution in [3.8, 4) is 101 Å². The van der Waals surface area contributed by atoms with Crippen LogP contribution in [-0.2, 0) is 0 Å². The summed E-state index contributed by atoms with van der Waals surface area (Å²) in [7, 11) is 0. The van der Waals surface area contributed by atoms with Crippen molar-refractivity contribution in [1.29, 1.82) is 0 Å². The fourth-order valence-electron chi connectivity index (χ4n) is 18.0. The lowest BCUT2D eigenvalue weighted by molar-refractivity contribution is 1.18. The molecule has 6 aromatic heterocycles. The second-order valence-electron chi connectivity index (χ2n) is 30.2. The molecule has 0 saturated heterocycles. The molecule has 6 heterocycles. The third-order valence-corrected chi connectivity index (χ3v) is 26.0. The van der Waals surface area contributed by atoms with Gasteiger partial charge in [0, 0.05) is 117 Å². The number of aromatic nitrogens is 4. The summed E-state index contributed by atoms with van der Waals surface area (Å²) in [6, 6.07) is 150. The summed E-state index contributed by atoms with van der Waals surface area (Å²) in [6.45, 7) is 0. The molecule has 0 aliphatic rings. The number of pyridine rings is 2. The second-order valence-corrected chi connectivity index (χ2v) is 32.3. The van der Waals surface area contributed by atoms with Gasteiger partial charge in [-0.1, -0.05) is 340 Å². The Labute approximate surface area is 677 Å². The highest BCUT2D eigenvalue weighted by Crippen LogP contribution is 2.48. The van der Waals surface area contributed by atoms with Gasteiger partial charge in [0.05, 0.1) is 44.5 Å². The summed E-state index contributed by atoms with van der Waals surface area (Å²) >= 11 is 3.76. The molecule has 0 amide bonds. The van der Waals surface area contributed by atoms with Gasteiger partial charge >= 0.3 is 0 Å². The van der Waals surface area contributed by atoms with E-state index in [1.54, 1.807) is 0 Å². The van der Waals surface area contributed by atoms with Gasteiger partial charge in [0.25, 0.3) is 0 Å². The van der Waals surface area contributed by atoms with Gasteiger partial charge in [-0.05, 0) is 140 Å². The van der Waals surface area contributed by atoms with Crippen LogP contribution in [0.15, 0.2) is 413 Å². The fourth-order valence-corrected chi connectivity index (χ4v) is 20.5. The number of para-hydroxylation sites is 2. The van der Waals surface area contributed by atoms with E-state index in [1.807, 2.05) is 22.7 Å². The normalized spacial score (nSPS) is 11.8. The lowest BCUT2D eigenvalue weighted by atomic mass is 9.98. The quantitative estimate of drug-likeness (QED) is 0.128. The average Bonchev–Trinajstić information content (AvgIpc) is 1.45. The predicted octanol–water partition coefficient (Wildman–Crippen LogP) is 31.0. The monoisotopic (exact) mass is 1510 g/mol. The molecule has 0 fully saturated rings. The molecular formula is C110H68N4S2. The first-order valence-corrected chi connectivity index (χ1v) is 41.2. The van der Waals surface area contributed by atoms with Crippen molar-refractivity contribution in [2.75, 3.05) is 0 Å². The van der Waals surface area contributed by atoms with Crippen molar-refractivity contribution in [3.05, 3.63) is 413 Å². The molecule has 116 heavy (non-hydrogen) atoms. The summed E-state index contributed by atoms with van der Waals surface area (Å²) in [6.07, 6.45) is 0. The third kappa shape index (κ3) is 11.3. The zero-order valence-corrected chi connectivity index (χ0v) is 64.5. The maximum absolute atomic E-state index is 5.37. The lowest BCUT2D eigenvalue weighted by Crippen LogP contribution is -1.95. The lowest BCUT2D eigenvalue weighted by Gasteiger charge is -2.13. The van der Waals surface area contributed by atoms with Gasteiger partial charge in [0.15, 0.2) is 0 Å². The van der Waals surface area contributed by atoms with E-state index in [4.69, 9.17) is 9.97 Å². The molecule has 0 unspecified atom stereocenters. The smallest absolute Gasteiger partial charge is 0.0788 e. The molecule has 24 rings (SSSR count). The molecule has 0 bridgehead atoms. The molecule has 0 N–H and O–H groups in total. The molecule has 4 nitrogen and oxygen atoms in total. The van der Waals surface area contributed by atoms with Crippen LogP contribution in [0, 0.1) is 0 Å². The minimum Gasteiger partial charge on any atom is -0.309 e. The van der Waals surface area contributed by atoms with E-state index >= 15 is 0 Å². The first kappa shape index (κ1) is 67.1. The van der Waals surface area contributed by atoms with Crippen LogP contribution >= 0.6 is 22.7 Å². The molecule has 540 valence electrons. The molecule has 6 heteroatoms. The first-order chi connectivity index (χ1) is 57.5. The number of rotatable bonds is 10. The van der Waals surface area contributed by atoms with E-state index in [2.05, 4.69) is 422 Å². The minimum atomic E-state index is 1.00. The number of fused-ring (bicyclic) bond motifs is 20. The number of nitrogens with zero attached hydrogens (tertiary/aromatic N) is 4. The molecule has 0 saturated carbocycles. The van der Waals surface area contributed by atoms with Crippen LogP contribution in [0.25, 0.3) is 228 Å². The molecular weight excluding hydrogens is 1440 g/mol. The molecule has 0 atom stereocenters. The van der Waals surface area contributed by atoms with Crippen LogP contribution in [0.4, 0.5) is 0 Å². The van der Waals surface area contributed by atoms with Crippen LogP contribution in [-0.4, -0.2) is 19.1 Å². The molecule has 0 radical (unpaired) electrons. The highest BCUT2D eigenvalue weighted by atomic mass is 32.1. The molecule has 24 aromatic rings. The zero-order valence-electron chi connectivity index (χ0n) is 62.9. The van der Waals surface area contributed by atoms with E-state index < -0.39 is 0 Å².